The van der Waals surface area contributed by atoms with Crippen LogP contribution in [0.25, 0.3) is 0 Å². The predicted molar refractivity (Wildman–Crippen MR) is 224 cm³/mol. The summed E-state index contributed by atoms with van der Waals surface area (Å²) in [6.45, 7) is 7.68. The first-order valence-electron chi connectivity index (χ1n) is 21.7. The van der Waals surface area contributed by atoms with Crippen LogP contribution in [0.15, 0.2) is 53.6 Å². The van der Waals surface area contributed by atoms with E-state index in [0.717, 1.165) is 45.2 Å². The van der Waals surface area contributed by atoms with Crippen molar-refractivity contribution < 1.29 is 9.47 Å². The maximum absolute atomic E-state index is 6.75. The predicted octanol–water partition coefficient (Wildman–Crippen LogP) is 12.1. The van der Waals surface area contributed by atoms with Crippen molar-refractivity contribution in [2.75, 3.05) is 33.3 Å². The van der Waals surface area contributed by atoms with Crippen LogP contribution in [0.4, 0.5) is 0 Å². The average Bonchev–Trinajstić information content (AvgIpc) is 3.53. The molecule has 0 aliphatic carbocycles. The Balaban J connectivity index is 2.30. The molecule has 1 atom stereocenters. The Labute approximate surface area is 317 Å². The molecule has 1 aliphatic heterocycles. The van der Waals surface area contributed by atoms with Crippen LogP contribution in [-0.4, -0.2) is 56.0 Å². The van der Waals surface area contributed by atoms with E-state index in [9.17, 15) is 0 Å². The molecule has 4 N–H and O–H groups in total. The van der Waals surface area contributed by atoms with E-state index in [-0.39, 0.29) is 17.9 Å². The van der Waals surface area contributed by atoms with Gasteiger partial charge in [0, 0.05) is 25.9 Å². The fourth-order valence-electron chi connectivity index (χ4n) is 6.74. The maximum atomic E-state index is 6.75. The fraction of sp³-hybridized carbons (Fsp3) is 0.800. The fourth-order valence-corrected chi connectivity index (χ4v) is 6.74. The van der Waals surface area contributed by atoms with Gasteiger partial charge in [0.2, 0.25) is 0 Å². The molecule has 0 aromatic rings. The molecule has 0 saturated carbocycles. The van der Waals surface area contributed by atoms with Crippen molar-refractivity contribution in [3.05, 3.63) is 48.6 Å². The molecular weight excluding hydrogens is 629 g/mol. The lowest BCUT2D eigenvalue weighted by Crippen LogP contribution is -2.32. The minimum Gasteiger partial charge on any atom is -0.370 e. The van der Waals surface area contributed by atoms with Gasteiger partial charge in [-0.25, -0.2) is 0 Å². The summed E-state index contributed by atoms with van der Waals surface area (Å²) >= 11 is 0. The van der Waals surface area contributed by atoms with E-state index in [1.54, 1.807) is 0 Å². The number of ether oxygens (including phenoxy) is 2. The number of guanidine groups is 1. The lowest BCUT2D eigenvalue weighted by molar-refractivity contribution is -0.180. The summed E-state index contributed by atoms with van der Waals surface area (Å²) in [6, 6.07) is 0. The maximum Gasteiger partial charge on any atom is 0.185 e. The van der Waals surface area contributed by atoms with E-state index in [2.05, 4.69) is 79.4 Å². The second kappa shape index (κ2) is 35.2. The molecule has 0 aromatic heterocycles. The van der Waals surface area contributed by atoms with Crippen molar-refractivity contribution in [1.82, 2.24) is 4.90 Å². The van der Waals surface area contributed by atoms with E-state index in [0.29, 0.717) is 13.2 Å². The molecule has 0 spiro atoms. The van der Waals surface area contributed by atoms with Crippen LogP contribution in [0, 0.1) is 0 Å². The van der Waals surface area contributed by atoms with Gasteiger partial charge < -0.3 is 25.8 Å². The van der Waals surface area contributed by atoms with E-state index in [4.69, 9.17) is 20.9 Å². The first kappa shape index (κ1) is 47.1. The van der Waals surface area contributed by atoms with Crippen molar-refractivity contribution in [2.24, 2.45) is 16.5 Å². The van der Waals surface area contributed by atoms with Crippen LogP contribution in [0.2, 0.25) is 0 Å². The molecule has 6 heteroatoms. The lowest BCUT2D eigenvalue weighted by atomic mass is 9.98. The van der Waals surface area contributed by atoms with Gasteiger partial charge >= 0.3 is 0 Å². The summed E-state index contributed by atoms with van der Waals surface area (Å²) < 4.78 is 13.3. The zero-order chi connectivity index (χ0) is 36.9. The average molecular weight is 713 g/mol. The minimum atomic E-state index is -0.383. The molecule has 1 rings (SSSR count). The molecule has 1 heterocycles. The normalized spacial score (nSPS) is 16.3. The molecule has 6 nitrogen and oxygen atoms in total. The summed E-state index contributed by atoms with van der Waals surface area (Å²) in [6.07, 6.45) is 52.5. The third kappa shape index (κ3) is 30.3. The van der Waals surface area contributed by atoms with Gasteiger partial charge in [0.15, 0.2) is 11.7 Å². The summed E-state index contributed by atoms with van der Waals surface area (Å²) in [5.74, 6) is -0.222. The van der Waals surface area contributed by atoms with Gasteiger partial charge in [-0.05, 0) is 90.5 Å². The van der Waals surface area contributed by atoms with Gasteiger partial charge in [-0.1, -0.05) is 140 Å². The Bertz CT molecular complexity index is 860. The van der Waals surface area contributed by atoms with Crippen molar-refractivity contribution in [1.29, 1.82) is 0 Å². The first-order valence-corrected chi connectivity index (χ1v) is 21.7. The highest BCUT2D eigenvalue weighted by molar-refractivity contribution is 5.75. The van der Waals surface area contributed by atoms with Crippen LogP contribution in [0.3, 0.4) is 0 Å². The van der Waals surface area contributed by atoms with Gasteiger partial charge in [0.1, 0.15) is 0 Å². The van der Waals surface area contributed by atoms with Crippen LogP contribution < -0.4 is 11.5 Å². The number of nitrogens with zero attached hydrogens (tertiary/aromatic N) is 2. The molecule has 1 aliphatic rings. The van der Waals surface area contributed by atoms with E-state index in [1.165, 1.54) is 141 Å². The number of rotatable bonds is 36. The Morgan fingerprint density at radius 2 is 1.04 bits per heavy atom. The Morgan fingerprint density at radius 3 is 1.49 bits per heavy atom. The number of allylic oxidation sites excluding steroid dienone is 8. The number of nitrogens with two attached hydrogens (primary N) is 2. The highest BCUT2D eigenvalue weighted by atomic mass is 16.7. The standard InChI is InChI=1S/C45H84N4O2/c1-4-6-8-10-12-14-16-18-20-22-24-26-28-30-32-34-37-45(50-42-43(51-45)36-40-49(3)41-39-48-44(46)47)38-35-33-31-29-27-25-23-21-19-17-15-13-11-9-7-5-2/h12-15,18-21,43H,4-11,16-17,22-42H2,1-3H3,(H4,46,47,48)/b14-12-,15-13-,20-18-,21-19-. The number of hydrogen-bond acceptors (Lipinski definition) is 4. The quantitative estimate of drug-likeness (QED) is 0.0292. The first-order chi connectivity index (χ1) is 25.0. The van der Waals surface area contributed by atoms with Crippen LogP contribution in [0.1, 0.15) is 187 Å². The summed E-state index contributed by atoms with van der Waals surface area (Å²) in [5, 5.41) is 0. The van der Waals surface area contributed by atoms with Crippen molar-refractivity contribution in [2.45, 2.75) is 199 Å². The zero-order valence-electron chi connectivity index (χ0n) is 34.0. The highest BCUT2D eigenvalue weighted by Gasteiger charge is 2.40. The molecule has 296 valence electrons. The smallest absolute Gasteiger partial charge is 0.185 e. The van der Waals surface area contributed by atoms with Crippen LogP contribution in [0.5, 0.6) is 0 Å². The molecule has 51 heavy (non-hydrogen) atoms. The molecule has 1 saturated heterocycles. The molecule has 0 amide bonds. The SMILES string of the molecule is CCCCC/C=C\C/C=C\CCCCCCCCC1(CCCCCCCC/C=C\C/C=C\CCCCC)OCC(CCN(C)CCN=C(N)N)O1. The Morgan fingerprint density at radius 1 is 0.608 bits per heavy atom. The summed E-state index contributed by atoms with van der Waals surface area (Å²) in [5.41, 5.74) is 11.0. The molecule has 0 radical (unpaired) electrons. The molecule has 1 unspecified atom stereocenters. The lowest BCUT2D eigenvalue weighted by Gasteiger charge is -2.29. The van der Waals surface area contributed by atoms with Gasteiger partial charge in [-0.15, -0.1) is 0 Å². The Kier molecular flexibility index (Phi) is 32.5. The van der Waals surface area contributed by atoms with Gasteiger partial charge in [0.05, 0.1) is 19.3 Å². The zero-order valence-corrected chi connectivity index (χ0v) is 34.0. The van der Waals surface area contributed by atoms with Crippen LogP contribution >= 0.6 is 0 Å². The molecule has 0 bridgehead atoms. The van der Waals surface area contributed by atoms with E-state index < -0.39 is 0 Å². The third-order valence-corrected chi connectivity index (χ3v) is 10.0. The monoisotopic (exact) mass is 713 g/mol. The van der Waals surface area contributed by atoms with Gasteiger partial charge in [-0.2, -0.15) is 0 Å². The molecular formula is C45H84N4O2. The molecule has 1 fully saturated rings. The second-order valence-electron chi connectivity index (χ2n) is 15.0. The van der Waals surface area contributed by atoms with Crippen molar-refractivity contribution in [3.63, 3.8) is 0 Å². The third-order valence-electron chi connectivity index (χ3n) is 10.0. The number of unbranched alkanes of at least 4 members (excludes halogenated alkanes) is 18. The van der Waals surface area contributed by atoms with Crippen molar-refractivity contribution in [3.8, 4) is 0 Å². The van der Waals surface area contributed by atoms with Crippen molar-refractivity contribution >= 4 is 5.96 Å². The number of likely N-dealkylation sites (N-methyl/N-ethyl adjacent to an activating group) is 1. The van der Waals surface area contributed by atoms with Gasteiger partial charge in [0.25, 0.3) is 0 Å². The van der Waals surface area contributed by atoms with Crippen LogP contribution in [-0.2, 0) is 9.47 Å². The largest absolute Gasteiger partial charge is 0.370 e. The highest BCUT2D eigenvalue weighted by Crippen LogP contribution is 2.35. The number of hydrogen-bond donors (Lipinski definition) is 2. The summed E-state index contributed by atoms with van der Waals surface area (Å²) in [7, 11) is 2.12. The van der Waals surface area contributed by atoms with E-state index in [1.807, 2.05) is 0 Å². The number of aliphatic imine (C=N–C) groups is 1. The Hall–Kier alpha value is -1.89. The van der Waals surface area contributed by atoms with E-state index >= 15 is 0 Å². The second-order valence-corrected chi connectivity index (χ2v) is 15.0. The topological polar surface area (TPSA) is 86.1 Å². The molecule has 0 aromatic carbocycles. The van der Waals surface area contributed by atoms with Gasteiger partial charge in [-0.3, -0.25) is 4.99 Å². The summed E-state index contributed by atoms with van der Waals surface area (Å²) in [4.78, 5) is 6.40. The minimum absolute atomic E-state index is 0.161.